The molecule has 0 saturated carbocycles. The van der Waals surface area contributed by atoms with Gasteiger partial charge in [-0.2, -0.15) is 8.42 Å². The first kappa shape index (κ1) is 16.8. The largest absolute Gasteiger partial charge is 0.396 e. The third kappa shape index (κ3) is 5.32. The van der Waals surface area contributed by atoms with Crippen molar-refractivity contribution in [2.75, 3.05) is 24.3 Å². The molecule has 2 N–H and O–H groups in total. The van der Waals surface area contributed by atoms with Crippen molar-refractivity contribution in [1.82, 2.24) is 0 Å². The highest BCUT2D eigenvalue weighted by molar-refractivity contribution is 7.84. The second kappa shape index (κ2) is 6.46. The van der Waals surface area contributed by atoms with Crippen LogP contribution in [0.4, 0.5) is 17.1 Å². The maximum atomic E-state index is 11.6. The van der Waals surface area contributed by atoms with E-state index in [2.05, 4.69) is 21.5 Å². The minimum absolute atomic E-state index is 0.213. The Morgan fingerprint density at radius 2 is 2.00 bits per heavy atom. The molecule has 0 fully saturated rings. The van der Waals surface area contributed by atoms with Gasteiger partial charge in [0.2, 0.25) is 0 Å². The molecule has 0 heterocycles. The number of hydrogen-bond acceptors (Lipinski definition) is 5. The molecule has 1 aromatic carbocycles. The number of benzene rings is 1. The normalized spacial score (nSPS) is 11.4. The van der Waals surface area contributed by atoms with Gasteiger partial charge < -0.3 is 10.2 Å². The lowest BCUT2D eigenvalue weighted by Gasteiger charge is -2.18. The van der Waals surface area contributed by atoms with Crippen molar-refractivity contribution in [1.29, 1.82) is 0 Å². The summed E-state index contributed by atoms with van der Waals surface area (Å²) in [6.07, 6.45) is 0. The summed E-state index contributed by atoms with van der Waals surface area (Å²) in [6, 6.07) is 4.52. The molecule has 0 aromatic heterocycles. The Kier molecular flexibility index (Phi) is 5.17. The predicted molar refractivity (Wildman–Crippen MR) is 80.3 cm³/mol. The Bertz CT molecular complexity index is 695. The van der Waals surface area contributed by atoms with Gasteiger partial charge in [-0.3, -0.25) is 9.35 Å². The first-order valence-electron chi connectivity index (χ1n) is 5.79. The van der Waals surface area contributed by atoms with Gasteiger partial charge in [-0.1, -0.05) is 6.58 Å². The summed E-state index contributed by atoms with van der Waals surface area (Å²) in [5.74, 6) is -0.328. The smallest absolute Gasteiger partial charge is 0.376 e. The molecule has 0 unspecified atom stereocenters. The van der Waals surface area contributed by atoms with Crippen LogP contribution in [0.3, 0.4) is 0 Å². The van der Waals surface area contributed by atoms with Crippen LogP contribution in [-0.2, 0) is 15.1 Å². The lowest BCUT2D eigenvalue weighted by Crippen LogP contribution is -2.16. The molecule has 0 spiro atoms. The van der Waals surface area contributed by atoms with Crippen LogP contribution in [0.1, 0.15) is 6.92 Å². The van der Waals surface area contributed by atoms with E-state index in [0.717, 1.165) is 0 Å². The molecule has 1 rings (SSSR count). The fourth-order valence-corrected chi connectivity index (χ4v) is 1.58. The molecule has 1 amide bonds. The van der Waals surface area contributed by atoms with E-state index >= 15 is 0 Å². The minimum atomic E-state index is -4.53. The zero-order valence-electron chi connectivity index (χ0n) is 11.9. The first-order chi connectivity index (χ1) is 9.60. The van der Waals surface area contributed by atoms with Crippen molar-refractivity contribution >= 4 is 33.3 Å². The Hall–Kier alpha value is -2.26. The summed E-state index contributed by atoms with van der Waals surface area (Å²) in [4.78, 5) is 13.4. The molecule has 0 radical (unpaired) electrons. The third-order valence-electron chi connectivity index (χ3n) is 2.36. The lowest BCUT2D eigenvalue weighted by molar-refractivity contribution is -0.112. The number of carbonyl (C=O) groups is 1. The van der Waals surface area contributed by atoms with Crippen molar-refractivity contribution in [3.63, 3.8) is 0 Å². The van der Waals surface area contributed by atoms with E-state index in [4.69, 9.17) is 4.55 Å². The lowest BCUT2D eigenvalue weighted by atomic mass is 10.2. The van der Waals surface area contributed by atoms with Crippen LogP contribution >= 0.6 is 0 Å². The highest BCUT2D eigenvalue weighted by Gasteiger charge is 2.10. The van der Waals surface area contributed by atoms with Crippen molar-refractivity contribution in [2.45, 2.75) is 6.92 Å². The van der Waals surface area contributed by atoms with E-state index in [0.29, 0.717) is 16.9 Å². The zero-order valence-corrected chi connectivity index (χ0v) is 12.7. The summed E-state index contributed by atoms with van der Waals surface area (Å²) < 4.78 is 32.4. The van der Waals surface area contributed by atoms with Gasteiger partial charge in [0, 0.05) is 19.7 Å². The Balaban J connectivity index is 3.16. The van der Waals surface area contributed by atoms with Crippen molar-refractivity contribution in [3.8, 4) is 0 Å². The summed E-state index contributed by atoms with van der Waals surface area (Å²) in [5, 5.41) is 6.08. The second-order valence-electron chi connectivity index (χ2n) is 4.46. The Morgan fingerprint density at radius 1 is 1.38 bits per heavy atom. The Labute approximate surface area is 123 Å². The zero-order chi connectivity index (χ0) is 16.2. The van der Waals surface area contributed by atoms with Crippen molar-refractivity contribution in [3.05, 3.63) is 30.4 Å². The molecule has 0 aliphatic rings. The van der Waals surface area contributed by atoms with Crippen LogP contribution in [0.25, 0.3) is 0 Å². The van der Waals surface area contributed by atoms with E-state index in [9.17, 15) is 13.2 Å². The molecule has 0 bridgehead atoms. The van der Waals surface area contributed by atoms with Gasteiger partial charge in [0.05, 0.1) is 17.1 Å². The maximum Gasteiger partial charge on any atom is 0.396 e. The van der Waals surface area contributed by atoms with E-state index in [-0.39, 0.29) is 11.6 Å². The van der Waals surface area contributed by atoms with E-state index < -0.39 is 10.3 Å². The van der Waals surface area contributed by atoms with Crippen LogP contribution in [0.15, 0.2) is 40.0 Å². The standard InChI is InChI=1S/C12H16N4O4S/c1-8(2)12(17)13-10-6-5-9(7-11(10)16(3)4)14-15-21(18,19)20/h5-7H,1H2,2-4H3,(H,13,17)(H,18,19,20)/b15-14+. The van der Waals surface area contributed by atoms with E-state index in [1.165, 1.54) is 12.1 Å². The molecule has 114 valence electrons. The second-order valence-corrected chi connectivity index (χ2v) is 5.52. The monoisotopic (exact) mass is 312 g/mol. The van der Waals surface area contributed by atoms with Gasteiger partial charge in [-0.05, 0) is 29.6 Å². The van der Waals surface area contributed by atoms with Gasteiger partial charge in [-0.15, -0.1) is 5.11 Å². The summed E-state index contributed by atoms with van der Waals surface area (Å²) in [5.41, 5.74) is 1.68. The Morgan fingerprint density at radius 3 is 2.48 bits per heavy atom. The summed E-state index contributed by atoms with van der Waals surface area (Å²) in [6.45, 7) is 5.13. The molecule has 0 atom stereocenters. The summed E-state index contributed by atoms with van der Waals surface area (Å²) >= 11 is 0. The van der Waals surface area contributed by atoms with Crippen LogP contribution in [-0.4, -0.2) is 33.0 Å². The van der Waals surface area contributed by atoms with E-state index in [1.807, 2.05) is 0 Å². The van der Waals surface area contributed by atoms with E-state index in [1.54, 1.807) is 32.0 Å². The number of nitrogens with one attached hydrogen (secondary N) is 1. The number of amides is 1. The first-order valence-corrected chi connectivity index (χ1v) is 7.18. The van der Waals surface area contributed by atoms with Crippen LogP contribution in [0.5, 0.6) is 0 Å². The highest BCUT2D eigenvalue weighted by atomic mass is 32.2. The molecule has 1 aromatic rings. The quantitative estimate of drug-likeness (QED) is 0.491. The number of nitrogens with zero attached hydrogens (tertiary/aromatic N) is 3. The number of anilines is 2. The molecule has 9 heteroatoms. The van der Waals surface area contributed by atoms with Gasteiger partial charge in [0.15, 0.2) is 0 Å². The fraction of sp³-hybridized carbons (Fsp3) is 0.250. The summed E-state index contributed by atoms with van der Waals surface area (Å²) in [7, 11) is -1.04. The molecular formula is C12H16N4O4S. The predicted octanol–water partition coefficient (Wildman–Crippen LogP) is 2.15. The molecular weight excluding hydrogens is 296 g/mol. The van der Waals surface area contributed by atoms with Crippen LogP contribution in [0, 0.1) is 0 Å². The van der Waals surface area contributed by atoms with Gasteiger partial charge in [0.1, 0.15) is 0 Å². The molecule has 21 heavy (non-hydrogen) atoms. The molecule has 0 saturated heterocycles. The fourth-order valence-electron chi connectivity index (χ4n) is 1.39. The van der Waals surface area contributed by atoms with Crippen LogP contribution in [0.2, 0.25) is 0 Å². The average Bonchev–Trinajstić information content (AvgIpc) is 2.36. The molecule has 0 aliphatic carbocycles. The number of carbonyl (C=O) groups excluding carboxylic acids is 1. The molecule has 8 nitrogen and oxygen atoms in total. The average molecular weight is 312 g/mol. The minimum Gasteiger partial charge on any atom is -0.376 e. The molecule has 0 aliphatic heterocycles. The van der Waals surface area contributed by atoms with Crippen molar-refractivity contribution in [2.24, 2.45) is 9.63 Å². The third-order valence-corrected chi connectivity index (χ3v) is 2.65. The number of rotatable bonds is 5. The van der Waals surface area contributed by atoms with Gasteiger partial charge >= 0.3 is 10.3 Å². The van der Waals surface area contributed by atoms with Crippen LogP contribution < -0.4 is 10.2 Å². The van der Waals surface area contributed by atoms with Crippen molar-refractivity contribution < 1.29 is 17.8 Å². The van der Waals surface area contributed by atoms with Gasteiger partial charge in [0.25, 0.3) is 5.91 Å². The topological polar surface area (TPSA) is 111 Å². The highest BCUT2D eigenvalue weighted by Crippen LogP contribution is 2.30. The van der Waals surface area contributed by atoms with Gasteiger partial charge in [-0.25, -0.2) is 0 Å². The SMILES string of the molecule is C=C(C)C(=O)Nc1ccc(/N=N/S(=O)(=O)O)cc1N(C)C. The maximum absolute atomic E-state index is 11.6. The number of hydrogen-bond donors (Lipinski definition) is 2.